The van der Waals surface area contributed by atoms with Gasteiger partial charge in [-0.15, -0.1) is 23.4 Å². The summed E-state index contributed by atoms with van der Waals surface area (Å²) < 4.78 is 28.5. The number of carbonyl (C=O) groups excluding carboxylic acids is 3. The molecular weight excluding hydrogens is 800 g/mol. The Morgan fingerprint density at radius 1 is 1.05 bits per heavy atom. The van der Waals surface area contributed by atoms with Crippen LogP contribution < -0.4 is 24.8 Å². The van der Waals surface area contributed by atoms with E-state index in [1.54, 1.807) is 24.8 Å². The molecule has 0 radical (unpaired) electrons. The third-order valence-corrected chi connectivity index (χ3v) is 14.6. The number of carbonyl (C=O) groups is 3. The van der Waals surface area contributed by atoms with Gasteiger partial charge in [-0.1, -0.05) is 41.5 Å². The van der Waals surface area contributed by atoms with Gasteiger partial charge in [0.15, 0.2) is 22.7 Å². The number of fused-ring (bicyclic) bond motifs is 4. The number of esters is 1. The molecule has 7 aliphatic rings. The van der Waals surface area contributed by atoms with E-state index in [0.717, 1.165) is 33.7 Å². The standard InChI is InChI=1S/C48H55ClN2O8S/c1-26(2)12-11-19-46(8)20-18-30-39(57-46)29(16-15-27(3)4)41-36(40(30)56-35(53)25-49)38-37-42(60-33-14-10-9-13-32(33)51-38)31-24-34-45(6,7)59-47(43(31)54,48(34,37)58-41)21-17-28(5)44(55)50-22-23-52/h9-10,12-15,17-18,20,31,34,42,51-52H,11,16,19,21-25H2,1-8H3,(H,50,55)/b28-17-. The molecule has 4 aliphatic heterocycles. The van der Waals surface area contributed by atoms with Crippen LogP contribution in [-0.4, -0.2) is 69.5 Å². The third-order valence-electron chi connectivity index (χ3n) is 12.9. The molecule has 0 aromatic heterocycles. The van der Waals surface area contributed by atoms with E-state index in [2.05, 4.69) is 49.6 Å². The van der Waals surface area contributed by atoms with Crippen molar-refractivity contribution in [3.05, 3.63) is 87.6 Å². The summed E-state index contributed by atoms with van der Waals surface area (Å²) in [4.78, 5) is 43.2. The summed E-state index contributed by atoms with van der Waals surface area (Å²) >= 11 is 7.84. The number of alkyl halides is 1. The number of ketones is 1. The highest BCUT2D eigenvalue weighted by Crippen LogP contribution is 2.73. The minimum Gasteiger partial charge on any atom is -0.482 e. The molecular formula is C48H55ClN2O8S. The van der Waals surface area contributed by atoms with Gasteiger partial charge in [-0.25, -0.2) is 0 Å². The van der Waals surface area contributed by atoms with E-state index in [4.69, 9.17) is 30.5 Å². The summed E-state index contributed by atoms with van der Waals surface area (Å²) in [7, 11) is 0. The summed E-state index contributed by atoms with van der Waals surface area (Å²) in [5, 5.41) is 15.6. The Bertz CT molecular complexity index is 2340. The van der Waals surface area contributed by atoms with Gasteiger partial charge in [0.05, 0.1) is 34.7 Å². The Labute approximate surface area is 361 Å². The van der Waals surface area contributed by atoms with E-state index in [1.807, 2.05) is 58.0 Å². The van der Waals surface area contributed by atoms with E-state index in [1.165, 1.54) is 5.57 Å². The number of para-hydroxylation sites is 1. The zero-order valence-electron chi connectivity index (χ0n) is 35.7. The number of rotatable bonds is 12. The average molecular weight is 855 g/mol. The highest BCUT2D eigenvalue weighted by molar-refractivity contribution is 8.00. The number of halogens is 1. The maximum atomic E-state index is 15.6. The minimum atomic E-state index is -1.54. The van der Waals surface area contributed by atoms with Gasteiger partial charge in [0.2, 0.25) is 5.91 Å². The second kappa shape index (κ2) is 15.6. The number of nitrogens with one attached hydrogen (secondary N) is 2. The van der Waals surface area contributed by atoms with E-state index >= 15 is 4.79 Å². The summed E-state index contributed by atoms with van der Waals surface area (Å²) in [5.41, 5.74) is 2.66. The van der Waals surface area contributed by atoms with Crippen molar-refractivity contribution >= 4 is 58.5 Å². The number of thioether (sulfide) groups is 1. The molecule has 12 heteroatoms. The van der Waals surface area contributed by atoms with Gasteiger partial charge in [-0.2, -0.15) is 0 Å². The molecule has 4 heterocycles. The van der Waals surface area contributed by atoms with Crippen LogP contribution in [0.25, 0.3) is 11.8 Å². The lowest BCUT2D eigenvalue weighted by atomic mass is 9.49. The van der Waals surface area contributed by atoms with Gasteiger partial charge >= 0.3 is 5.97 Å². The maximum Gasteiger partial charge on any atom is 0.326 e. The normalized spacial score (nSPS) is 28.5. The number of aliphatic hydroxyl groups is 1. The number of Topliss-reactive ketones (excluding diaryl/α,β-unsaturated/α-hetero) is 1. The minimum absolute atomic E-state index is 0.0591. The fourth-order valence-electron chi connectivity index (χ4n) is 10.2. The van der Waals surface area contributed by atoms with E-state index in [-0.39, 0.29) is 54.1 Å². The molecule has 3 saturated carbocycles. The smallest absolute Gasteiger partial charge is 0.326 e. The summed E-state index contributed by atoms with van der Waals surface area (Å²) in [6.07, 6.45) is 12.7. The van der Waals surface area contributed by atoms with Crippen molar-refractivity contribution in [2.24, 2.45) is 11.8 Å². The van der Waals surface area contributed by atoms with Crippen LogP contribution in [0.3, 0.4) is 0 Å². The molecule has 4 fully saturated rings. The molecule has 318 valence electrons. The lowest BCUT2D eigenvalue weighted by Gasteiger charge is -2.60. The summed E-state index contributed by atoms with van der Waals surface area (Å²) in [6, 6.07) is 8.05. The molecule has 6 atom stereocenters. The lowest BCUT2D eigenvalue weighted by molar-refractivity contribution is -0.176. The monoisotopic (exact) mass is 854 g/mol. The van der Waals surface area contributed by atoms with Crippen molar-refractivity contribution in [1.29, 1.82) is 0 Å². The lowest BCUT2D eigenvalue weighted by Crippen LogP contribution is -2.75. The molecule has 6 unspecified atom stereocenters. The largest absolute Gasteiger partial charge is 0.482 e. The number of benzene rings is 2. The van der Waals surface area contributed by atoms with Crippen LogP contribution in [0.1, 0.15) is 97.8 Å². The van der Waals surface area contributed by atoms with Gasteiger partial charge in [0.1, 0.15) is 23.0 Å². The van der Waals surface area contributed by atoms with E-state index < -0.39 is 34.3 Å². The van der Waals surface area contributed by atoms with Crippen LogP contribution in [0, 0.1) is 11.8 Å². The first-order valence-corrected chi connectivity index (χ1v) is 22.3. The molecule has 2 aromatic carbocycles. The van der Waals surface area contributed by atoms with E-state index in [0.29, 0.717) is 53.2 Å². The first kappa shape index (κ1) is 42.4. The number of hydrogen-bond acceptors (Lipinski definition) is 10. The zero-order chi connectivity index (χ0) is 42.9. The first-order chi connectivity index (χ1) is 28.5. The Morgan fingerprint density at radius 2 is 1.80 bits per heavy atom. The molecule has 60 heavy (non-hydrogen) atoms. The zero-order valence-corrected chi connectivity index (χ0v) is 37.2. The van der Waals surface area contributed by atoms with Gasteiger partial charge in [0.25, 0.3) is 0 Å². The molecule has 3 N–H and O–H groups in total. The Morgan fingerprint density at radius 3 is 2.52 bits per heavy atom. The average Bonchev–Trinajstić information content (AvgIpc) is 3.28. The van der Waals surface area contributed by atoms with Crippen LogP contribution in [0.5, 0.6) is 17.2 Å². The van der Waals surface area contributed by atoms with Crippen LogP contribution in [0.15, 0.2) is 75.8 Å². The highest BCUT2D eigenvalue weighted by atomic mass is 35.5. The fraction of sp³-hybridized carbons (Fsp3) is 0.479. The molecule has 10 nitrogen and oxygen atoms in total. The molecule has 9 rings (SSSR count). The van der Waals surface area contributed by atoms with Crippen molar-refractivity contribution in [1.82, 2.24) is 5.32 Å². The predicted molar refractivity (Wildman–Crippen MR) is 236 cm³/mol. The Kier molecular flexibility index (Phi) is 11.0. The van der Waals surface area contributed by atoms with Crippen LogP contribution in [0.4, 0.5) is 5.69 Å². The first-order valence-electron chi connectivity index (χ1n) is 20.9. The summed E-state index contributed by atoms with van der Waals surface area (Å²) in [5.74, 6) is -0.885. The molecule has 1 spiro atoms. The van der Waals surface area contributed by atoms with Crippen LogP contribution in [-0.2, 0) is 25.5 Å². The SMILES string of the molecule is CC(C)=CCCC1(C)C=Cc2c(c(CC=C(C)C)c3c(c2OC(=O)CCl)C2=C4C(Sc5ccccc5N2)C2CC5C(C)(C)OC(C/C=C(/C)C(=O)NCCO)(C2=O)C45O3)O1. The Hall–Kier alpha value is -4.29. The van der Waals surface area contributed by atoms with Crippen molar-refractivity contribution < 1.29 is 38.4 Å². The molecule has 4 bridgehead atoms. The van der Waals surface area contributed by atoms with Crippen molar-refractivity contribution in [2.45, 2.75) is 120 Å². The number of ether oxygens (including phenoxy) is 4. The third kappa shape index (κ3) is 6.66. The second-order valence-corrected chi connectivity index (χ2v) is 19.5. The summed E-state index contributed by atoms with van der Waals surface area (Å²) in [6.45, 7) is 16.0. The van der Waals surface area contributed by atoms with Crippen LogP contribution in [0.2, 0.25) is 0 Å². The fourth-order valence-corrected chi connectivity index (χ4v) is 11.8. The van der Waals surface area contributed by atoms with Gasteiger partial charge < -0.3 is 34.7 Å². The van der Waals surface area contributed by atoms with Crippen molar-refractivity contribution in [3.8, 4) is 17.2 Å². The quantitative estimate of drug-likeness (QED) is 0.0626. The van der Waals surface area contributed by atoms with Crippen molar-refractivity contribution in [3.63, 3.8) is 0 Å². The van der Waals surface area contributed by atoms with Gasteiger partial charge in [-0.05, 0) is 105 Å². The van der Waals surface area contributed by atoms with Crippen molar-refractivity contribution in [2.75, 3.05) is 24.3 Å². The highest BCUT2D eigenvalue weighted by Gasteiger charge is 2.83. The van der Waals surface area contributed by atoms with Gasteiger partial charge in [0, 0.05) is 51.7 Å². The molecule has 1 amide bonds. The van der Waals surface area contributed by atoms with E-state index in [9.17, 15) is 14.7 Å². The van der Waals surface area contributed by atoms with Gasteiger partial charge in [-0.3, -0.25) is 14.4 Å². The number of amides is 1. The number of aliphatic hydroxyl groups excluding tert-OH is 1. The number of hydrogen-bond donors (Lipinski definition) is 3. The molecule has 2 aromatic rings. The maximum absolute atomic E-state index is 15.6. The number of anilines is 1. The second-order valence-electron chi connectivity index (χ2n) is 18.1. The molecule has 1 saturated heterocycles. The van der Waals surface area contributed by atoms with Crippen LogP contribution >= 0.6 is 23.4 Å². The Balaban J connectivity index is 1.45. The topological polar surface area (TPSA) is 132 Å². The molecule has 3 aliphatic carbocycles. The number of allylic oxidation sites excluding steroid dienone is 4. The predicted octanol–water partition coefficient (Wildman–Crippen LogP) is 8.89.